The number of aromatic nitrogens is 1. The van der Waals surface area contributed by atoms with Crippen molar-refractivity contribution < 1.29 is 4.79 Å². The Hall–Kier alpha value is -2.33. The molecule has 4 rings (SSSR count). The molecular formula is C18H16N2OS. The number of H-pyrrole nitrogens is 1. The summed E-state index contributed by atoms with van der Waals surface area (Å²) in [7, 11) is 0. The van der Waals surface area contributed by atoms with Gasteiger partial charge in [0.2, 0.25) is 0 Å². The SMILES string of the molecule is O=C(c1cccs1)N1CC=C(c2c[nH]c3ccccc23)CC1. The average Bonchev–Trinajstić information content (AvgIpc) is 3.24. The first kappa shape index (κ1) is 13.3. The lowest BCUT2D eigenvalue weighted by molar-refractivity contribution is 0.0777. The molecule has 2 aromatic heterocycles. The number of nitrogens with zero attached hydrogens (tertiary/aromatic N) is 1. The van der Waals surface area contributed by atoms with Crippen molar-refractivity contribution in [2.24, 2.45) is 0 Å². The fourth-order valence-electron chi connectivity index (χ4n) is 2.99. The fourth-order valence-corrected chi connectivity index (χ4v) is 3.68. The molecule has 1 aromatic carbocycles. The molecule has 0 atom stereocenters. The number of amides is 1. The summed E-state index contributed by atoms with van der Waals surface area (Å²) in [5.74, 6) is 0.143. The Bertz CT molecular complexity index is 845. The second kappa shape index (κ2) is 5.46. The van der Waals surface area contributed by atoms with E-state index in [9.17, 15) is 4.79 Å². The van der Waals surface area contributed by atoms with E-state index in [1.54, 1.807) is 0 Å². The molecule has 0 spiro atoms. The van der Waals surface area contributed by atoms with Crippen LogP contribution in [0.25, 0.3) is 16.5 Å². The van der Waals surface area contributed by atoms with Gasteiger partial charge in [-0.3, -0.25) is 4.79 Å². The average molecular weight is 308 g/mol. The lowest BCUT2D eigenvalue weighted by atomic mass is 9.99. The minimum atomic E-state index is 0.143. The second-order valence-corrected chi connectivity index (χ2v) is 6.40. The number of aromatic amines is 1. The Morgan fingerprint density at radius 2 is 2.09 bits per heavy atom. The number of para-hydroxylation sites is 1. The van der Waals surface area contributed by atoms with Gasteiger partial charge in [0.25, 0.3) is 5.91 Å². The molecule has 3 heterocycles. The molecule has 0 saturated heterocycles. The Morgan fingerprint density at radius 1 is 1.18 bits per heavy atom. The van der Waals surface area contributed by atoms with Gasteiger partial charge < -0.3 is 9.88 Å². The highest BCUT2D eigenvalue weighted by molar-refractivity contribution is 7.12. The van der Waals surface area contributed by atoms with Gasteiger partial charge in [-0.2, -0.15) is 0 Å². The van der Waals surface area contributed by atoms with Crippen LogP contribution >= 0.6 is 11.3 Å². The number of rotatable bonds is 2. The molecule has 0 fully saturated rings. The molecule has 1 amide bonds. The molecule has 3 aromatic rings. The van der Waals surface area contributed by atoms with Crippen LogP contribution in [-0.4, -0.2) is 28.9 Å². The third kappa shape index (κ3) is 2.25. The zero-order valence-electron chi connectivity index (χ0n) is 12.1. The van der Waals surface area contributed by atoms with E-state index in [1.807, 2.05) is 28.5 Å². The normalized spacial score (nSPS) is 15.1. The monoisotopic (exact) mass is 308 g/mol. The summed E-state index contributed by atoms with van der Waals surface area (Å²) in [5, 5.41) is 3.21. The van der Waals surface area contributed by atoms with Crippen LogP contribution in [0.5, 0.6) is 0 Å². The van der Waals surface area contributed by atoms with Crippen LogP contribution in [0.2, 0.25) is 0 Å². The van der Waals surface area contributed by atoms with E-state index >= 15 is 0 Å². The summed E-state index contributed by atoms with van der Waals surface area (Å²) >= 11 is 1.51. The first-order valence-corrected chi connectivity index (χ1v) is 8.29. The zero-order chi connectivity index (χ0) is 14.9. The van der Waals surface area contributed by atoms with E-state index in [4.69, 9.17) is 0 Å². The van der Waals surface area contributed by atoms with Crippen molar-refractivity contribution in [1.29, 1.82) is 0 Å². The van der Waals surface area contributed by atoms with Crippen LogP contribution in [0.4, 0.5) is 0 Å². The van der Waals surface area contributed by atoms with Crippen molar-refractivity contribution in [3.63, 3.8) is 0 Å². The summed E-state index contributed by atoms with van der Waals surface area (Å²) < 4.78 is 0. The molecule has 0 bridgehead atoms. The summed E-state index contributed by atoms with van der Waals surface area (Å²) in [5.41, 5.74) is 3.75. The first-order chi connectivity index (χ1) is 10.8. The molecule has 0 unspecified atom stereocenters. The lowest BCUT2D eigenvalue weighted by Gasteiger charge is -2.26. The minimum Gasteiger partial charge on any atom is -0.361 e. The zero-order valence-corrected chi connectivity index (χ0v) is 12.9. The molecule has 0 saturated carbocycles. The largest absolute Gasteiger partial charge is 0.361 e. The molecule has 4 heteroatoms. The number of carbonyl (C=O) groups is 1. The van der Waals surface area contributed by atoms with E-state index in [-0.39, 0.29) is 5.91 Å². The van der Waals surface area contributed by atoms with Gasteiger partial charge in [0, 0.05) is 35.8 Å². The van der Waals surface area contributed by atoms with Gasteiger partial charge in [0.15, 0.2) is 0 Å². The molecule has 3 nitrogen and oxygen atoms in total. The second-order valence-electron chi connectivity index (χ2n) is 5.46. The summed E-state index contributed by atoms with van der Waals surface area (Å²) in [4.78, 5) is 18.4. The minimum absolute atomic E-state index is 0.143. The molecule has 22 heavy (non-hydrogen) atoms. The van der Waals surface area contributed by atoms with E-state index < -0.39 is 0 Å². The van der Waals surface area contributed by atoms with Gasteiger partial charge in [-0.05, 0) is 29.5 Å². The number of benzene rings is 1. The number of hydrogen-bond acceptors (Lipinski definition) is 2. The van der Waals surface area contributed by atoms with E-state index in [2.05, 4.69) is 35.5 Å². The van der Waals surface area contributed by atoms with Crippen molar-refractivity contribution in [2.75, 3.05) is 13.1 Å². The van der Waals surface area contributed by atoms with E-state index in [1.165, 1.54) is 27.9 Å². The molecule has 110 valence electrons. The predicted octanol–water partition coefficient (Wildman–Crippen LogP) is 4.16. The maximum Gasteiger partial charge on any atom is 0.264 e. The first-order valence-electron chi connectivity index (χ1n) is 7.41. The number of fused-ring (bicyclic) bond motifs is 1. The molecule has 1 aliphatic heterocycles. The third-order valence-electron chi connectivity index (χ3n) is 4.16. The quantitative estimate of drug-likeness (QED) is 0.758. The summed E-state index contributed by atoms with van der Waals surface area (Å²) in [6.07, 6.45) is 5.16. The highest BCUT2D eigenvalue weighted by Gasteiger charge is 2.20. The number of nitrogens with one attached hydrogen (secondary N) is 1. The van der Waals surface area contributed by atoms with Crippen molar-refractivity contribution in [3.05, 3.63) is 64.5 Å². The van der Waals surface area contributed by atoms with Crippen LogP contribution in [0.15, 0.2) is 54.1 Å². The van der Waals surface area contributed by atoms with Crippen molar-refractivity contribution >= 4 is 33.7 Å². The van der Waals surface area contributed by atoms with Crippen molar-refractivity contribution in [1.82, 2.24) is 9.88 Å². The van der Waals surface area contributed by atoms with E-state index in [0.29, 0.717) is 6.54 Å². The highest BCUT2D eigenvalue weighted by Crippen LogP contribution is 2.29. The topological polar surface area (TPSA) is 36.1 Å². The number of carbonyl (C=O) groups excluding carboxylic acids is 1. The Balaban J connectivity index is 1.58. The smallest absolute Gasteiger partial charge is 0.264 e. The van der Waals surface area contributed by atoms with Gasteiger partial charge in [-0.25, -0.2) is 0 Å². The Labute approximate surface area is 132 Å². The molecule has 1 N–H and O–H groups in total. The van der Waals surface area contributed by atoms with Crippen LogP contribution in [0.3, 0.4) is 0 Å². The van der Waals surface area contributed by atoms with Gasteiger partial charge >= 0.3 is 0 Å². The standard InChI is InChI=1S/C18H16N2OS/c21-18(17-6-3-11-22-17)20-9-7-13(8-10-20)15-12-19-16-5-2-1-4-14(15)16/h1-7,11-12,19H,8-10H2. The van der Waals surface area contributed by atoms with Crippen LogP contribution in [0, 0.1) is 0 Å². The number of hydrogen-bond donors (Lipinski definition) is 1. The van der Waals surface area contributed by atoms with Gasteiger partial charge in [0.1, 0.15) is 0 Å². The molecule has 1 aliphatic rings. The van der Waals surface area contributed by atoms with Crippen LogP contribution < -0.4 is 0 Å². The Kier molecular flexibility index (Phi) is 3.31. The molecule has 0 aliphatic carbocycles. The van der Waals surface area contributed by atoms with Crippen LogP contribution in [-0.2, 0) is 0 Å². The van der Waals surface area contributed by atoms with Crippen LogP contribution in [0.1, 0.15) is 21.7 Å². The van der Waals surface area contributed by atoms with Crippen molar-refractivity contribution in [3.8, 4) is 0 Å². The molecular weight excluding hydrogens is 292 g/mol. The fraction of sp³-hybridized carbons (Fsp3) is 0.167. The predicted molar refractivity (Wildman–Crippen MR) is 91.1 cm³/mol. The van der Waals surface area contributed by atoms with E-state index in [0.717, 1.165) is 23.4 Å². The Morgan fingerprint density at radius 3 is 2.86 bits per heavy atom. The van der Waals surface area contributed by atoms with Gasteiger partial charge in [0.05, 0.1) is 4.88 Å². The maximum atomic E-state index is 12.4. The molecule has 0 radical (unpaired) electrons. The maximum absolute atomic E-state index is 12.4. The highest BCUT2D eigenvalue weighted by atomic mass is 32.1. The number of thiophene rings is 1. The van der Waals surface area contributed by atoms with Crippen molar-refractivity contribution in [2.45, 2.75) is 6.42 Å². The third-order valence-corrected chi connectivity index (χ3v) is 5.02. The van der Waals surface area contributed by atoms with Gasteiger partial charge in [-0.1, -0.05) is 30.3 Å². The summed E-state index contributed by atoms with van der Waals surface area (Å²) in [6, 6.07) is 12.2. The lowest BCUT2D eigenvalue weighted by Crippen LogP contribution is -2.34. The summed E-state index contributed by atoms with van der Waals surface area (Å²) in [6.45, 7) is 1.47. The van der Waals surface area contributed by atoms with Gasteiger partial charge in [-0.15, -0.1) is 11.3 Å².